The van der Waals surface area contributed by atoms with Crippen LogP contribution in [0.15, 0.2) is 64.0 Å². The SMILES string of the molecule is O=c1oc2cc(O)c(O)cc2c2c1CCCC2.O=c1oc2cc(O)c(OP(=O)(O)O)cc2c2c1CCCC2.O=c1oc2cc(O)c(OP(=O)(O)O)cc2c2c1CCCC2. The van der Waals surface area contributed by atoms with Crippen molar-refractivity contribution in [1.82, 2.24) is 0 Å². The Bertz CT molecular complexity index is 2780. The molecule has 8 N–H and O–H groups in total. The van der Waals surface area contributed by atoms with E-state index in [1.165, 1.54) is 24.3 Å². The van der Waals surface area contributed by atoms with Crippen LogP contribution in [0, 0.1) is 0 Å². The highest BCUT2D eigenvalue weighted by Gasteiger charge is 2.25. The molecule has 0 aliphatic heterocycles. The van der Waals surface area contributed by atoms with Crippen molar-refractivity contribution in [2.75, 3.05) is 0 Å². The largest absolute Gasteiger partial charge is 0.524 e. The van der Waals surface area contributed by atoms with Gasteiger partial charge in [0.25, 0.3) is 0 Å². The van der Waals surface area contributed by atoms with Crippen LogP contribution in [0.1, 0.15) is 71.9 Å². The third-order valence-corrected chi connectivity index (χ3v) is 11.2. The lowest BCUT2D eigenvalue weighted by Gasteiger charge is -2.17. The molecule has 0 saturated carbocycles. The Balaban J connectivity index is 0.000000135. The first-order chi connectivity index (χ1) is 27.9. The maximum Gasteiger partial charge on any atom is 0.524 e. The number of phosphoric acid groups is 2. The fourth-order valence-corrected chi connectivity index (χ4v) is 8.59. The fourth-order valence-electron chi connectivity index (χ4n) is 7.79. The number of aromatic hydroxyl groups is 4. The van der Waals surface area contributed by atoms with Crippen molar-refractivity contribution in [2.45, 2.75) is 77.0 Å². The number of rotatable bonds is 4. The van der Waals surface area contributed by atoms with Crippen molar-refractivity contribution in [2.24, 2.45) is 0 Å². The van der Waals surface area contributed by atoms with Crippen LogP contribution in [0.2, 0.25) is 0 Å². The van der Waals surface area contributed by atoms with Crippen LogP contribution in [0.25, 0.3) is 32.9 Å². The summed E-state index contributed by atoms with van der Waals surface area (Å²) in [5, 5.41) is 40.2. The molecule has 0 fully saturated rings. The molecule has 312 valence electrons. The van der Waals surface area contributed by atoms with Crippen molar-refractivity contribution in [1.29, 1.82) is 0 Å². The first kappa shape index (κ1) is 41.5. The van der Waals surface area contributed by atoms with Gasteiger partial charge in [-0.15, -0.1) is 0 Å². The number of aryl methyl sites for hydroxylation is 3. The Morgan fingerprint density at radius 3 is 1.00 bits per heavy atom. The van der Waals surface area contributed by atoms with E-state index in [1.807, 2.05) is 0 Å². The molecule has 0 saturated heterocycles. The van der Waals surface area contributed by atoms with Crippen molar-refractivity contribution in [3.05, 3.63) is 101 Å². The van der Waals surface area contributed by atoms with Crippen LogP contribution in [0.5, 0.6) is 34.5 Å². The Labute approximate surface area is 332 Å². The summed E-state index contributed by atoms with van der Waals surface area (Å²) in [4.78, 5) is 71.0. The third-order valence-electron chi connectivity index (χ3n) is 10.4. The maximum absolute atomic E-state index is 11.9. The Kier molecular flexibility index (Phi) is 11.4. The standard InChI is InChI=1S/2C13H13O7P.C13H12O4/c2*14-10-6-11-9(5-12(10)20-21(16,17)18)7-3-1-2-4-8(7)13(15)19-11;14-10-5-9-7-3-1-2-4-8(7)13(16)17-12(9)6-11(10)15/h2*5-6,14H,1-4H2,(H2,16,17,18);5-6,14-15H,1-4H2. The van der Waals surface area contributed by atoms with Crippen LogP contribution >= 0.6 is 15.6 Å². The predicted molar refractivity (Wildman–Crippen MR) is 209 cm³/mol. The molecule has 18 nitrogen and oxygen atoms in total. The van der Waals surface area contributed by atoms with Crippen LogP contribution in [-0.2, 0) is 47.7 Å². The zero-order chi connectivity index (χ0) is 42.4. The number of fused-ring (bicyclic) bond motifs is 9. The van der Waals surface area contributed by atoms with E-state index in [-0.39, 0.29) is 39.8 Å². The van der Waals surface area contributed by atoms with Gasteiger partial charge >= 0.3 is 32.5 Å². The van der Waals surface area contributed by atoms with Crippen LogP contribution in [-0.4, -0.2) is 40.0 Å². The summed E-state index contributed by atoms with van der Waals surface area (Å²) in [5.74, 6) is -2.11. The first-order valence-electron chi connectivity index (χ1n) is 18.5. The summed E-state index contributed by atoms with van der Waals surface area (Å²) in [5.41, 5.74) is 3.94. The molecule has 3 aromatic heterocycles. The molecule has 9 rings (SSSR count). The van der Waals surface area contributed by atoms with Gasteiger partial charge in [0.2, 0.25) is 0 Å². The second-order valence-electron chi connectivity index (χ2n) is 14.3. The van der Waals surface area contributed by atoms with Crippen molar-refractivity contribution in [3.8, 4) is 34.5 Å². The lowest BCUT2D eigenvalue weighted by atomic mass is 9.90. The molecule has 0 unspecified atom stereocenters. The van der Waals surface area contributed by atoms with Gasteiger partial charge in [0.05, 0.1) is 0 Å². The van der Waals surface area contributed by atoms with Gasteiger partial charge < -0.3 is 42.7 Å². The number of hydrogen-bond donors (Lipinski definition) is 8. The quantitative estimate of drug-likeness (QED) is 0.0592. The summed E-state index contributed by atoms with van der Waals surface area (Å²) in [6.45, 7) is 0. The molecule has 20 heteroatoms. The molecule has 0 bridgehead atoms. The van der Waals surface area contributed by atoms with E-state index in [2.05, 4.69) is 9.05 Å². The zero-order valence-corrected chi connectivity index (χ0v) is 32.8. The summed E-state index contributed by atoms with van der Waals surface area (Å²) in [6.07, 6.45) is 9.79. The van der Waals surface area contributed by atoms with E-state index >= 15 is 0 Å². The molecule has 3 aromatic carbocycles. The smallest absolute Gasteiger partial charge is 0.504 e. The highest BCUT2D eigenvalue weighted by atomic mass is 31.2. The van der Waals surface area contributed by atoms with Crippen molar-refractivity contribution < 1.29 is 71.4 Å². The summed E-state index contributed by atoms with van der Waals surface area (Å²) >= 11 is 0. The van der Waals surface area contributed by atoms with Gasteiger partial charge in [-0.05, 0) is 112 Å². The highest BCUT2D eigenvalue weighted by Crippen LogP contribution is 2.45. The van der Waals surface area contributed by atoms with Gasteiger partial charge in [0, 0.05) is 51.0 Å². The number of phenols is 4. The van der Waals surface area contributed by atoms with E-state index in [0.717, 1.165) is 85.6 Å². The molecule has 3 heterocycles. The van der Waals surface area contributed by atoms with Gasteiger partial charge in [-0.1, -0.05) is 0 Å². The Hall–Kier alpha value is -5.61. The molecule has 0 amide bonds. The molecule has 59 heavy (non-hydrogen) atoms. The number of phosphoric ester groups is 2. The lowest BCUT2D eigenvalue weighted by molar-refractivity contribution is 0.276. The Morgan fingerprint density at radius 2 is 0.678 bits per heavy atom. The van der Waals surface area contributed by atoms with Gasteiger partial charge in [-0.3, -0.25) is 19.6 Å². The summed E-state index contributed by atoms with van der Waals surface area (Å²) in [7, 11) is -9.57. The predicted octanol–water partition coefficient (Wildman–Crippen LogP) is 5.78. The van der Waals surface area contributed by atoms with Crippen molar-refractivity contribution in [3.63, 3.8) is 0 Å². The maximum atomic E-state index is 11.9. The monoisotopic (exact) mass is 856 g/mol. The van der Waals surface area contributed by atoms with Crippen LogP contribution in [0.4, 0.5) is 0 Å². The molecular weight excluding hydrogens is 818 g/mol. The summed E-state index contributed by atoms with van der Waals surface area (Å²) < 4.78 is 46.2. The molecular formula is C39H38O18P2. The minimum Gasteiger partial charge on any atom is -0.504 e. The topological polar surface area (TPSA) is 305 Å². The molecule has 3 aliphatic rings. The minimum absolute atomic E-state index is 0.177. The van der Waals surface area contributed by atoms with E-state index in [1.54, 1.807) is 0 Å². The Morgan fingerprint density at radius 1 is 0.407 bits per heavy atom. The van der Waals surface area contributed by atoms with Gasteiger partial charge in [0.1, 0.15) is 16.7 Å². The van der Waals surface area contributed by atoms with Crippen LogP contribution < -0.4 is 25.9 Å². The van der Waals surface area contributed by atoms with E-state index in [4.69, 9.17) is 32.8 Å². The summed E-state index contributed by atoms with van der Waals surface area (Å²) in [6, 6.07) is 7.64. The first-order valence-corrected chi connectivity index (χ1v) is 21.6. The number of hydrogen-bond acceptors (Lipinski definition) is 14. The molecule has 6 aromatic rings. The van der Waals surface area contributed by atoms with Gasteiger partial charge in [-0.2, -0.15) is 0 Å². The van der Waals surface area contributed by atoms with E-state index in [0.29, 0.717) is 58.7 Å². The van der Waals surface area contributed by atoms with Crippen LogP contribution in [0.3, 0.4) is 0 Å². The average Bonchev–Trinajstić information content (AvgIpc) is 3.17. The number of phenolic OH excluding ortho intramolecular Hbond substituents is 4. The minimum atomic E-state index is -4.78. The molecule has 0 spiro atoms. The number of benzene rings is 3. The average molecular weight is 857 g/mol. The van der Waals surface area contributed by atoms with Crippen molar-refractivity contribution >= 4 is 48.6 Å². The van der Waals surface area contributed by atoms with E-state index in [9.17, 15) is 43.9 Å². The molecule has 0 radical (unpaired) electrons. The third kappa shape index (κ3) is 9.03. The lowest BCUT2D eigenvalue weighted by Crippen LogP contribution is -2.15. The zero-order valence-electron chi connectivity index (χ0n) is 31.0. The fraction of sp³-hybridized carbons (Fsp3) is 0.308. The van der Waals surface area contributed by atoms with Gasteiger partial charge in [0.15, 0.2) is 34.5 Å². The van der Waals surface area contributed by atoms with E-state index < -0.39 is 38.4 Å². The second-order valence-corrected chi connectivity index (χ2v) is 16.6. The molecule has 0 atom stereocenters. The highest BCUT2D eigenvalue weighted by molar-refractivity contribution is 7.47. The second kappa shape index (κ2) is 16.2. The van der Waals surface area contributed by atoms with Gasteiger partial charge in [-0.25, -0.2) is 23.5 Å². The molecule has 3 aliphatic carbocycles. The normalized spacial score (nSPS) is 14.9.